The summed E-state index contributed by atoms with van der Waals surface area (Å²) in [6, 6.07) is 7.85. The summed E-state index contributed by atoms with van der Waals surface area (Å²) < 4.78 is 5.40. The molecule has 5 heteroatoms. The van der Waals surface area contributed by atoms with E-state index in [9.17, 15) is 4.79 Å². The second-order valence-electron chi connectivity index (χ2n) is 4.88. The largest absolute Gasteiger partial charge is 0.494 e. The molecule has 0 atom stereocenters. The molecule has 0 aromatic heterocycles. The lowest BCUT2D eigenvalue weighted by Crippen LogP contribution is -2.55. The topological polar surface area (TPSA) is 75.8 Å². The summed E-state index contributed by atoms with van der Waals surface area (Å²) in [6.45, 7) is 3.93. The molecule has 19 heavy (non-hydrogen) atoms. The van der Waals surface area contributed by atoms with Crippen LogP contribution in [0.4, 0.5) is 5.69 Å². The first-order valence-corrected chi connectivity index (χ1v) is 6.55. The standard InChI is InChI=1S/C14H20N2O3/c1-2-19-12-5-3-11(4-6-12)16-9-7-14(15,8-10-16)13(17)18/h3-6H,2,7-10,15H2,1H3,(H,17,18). The number of ether oxygens (including phenoxy) is 1. The molecule has 0 bridgehead atoms. The van der Waals surface area contributed by atoms with Gasteiger partial charge in [-0.2, -0.15) is 0 Å². The molecule has 104 valence electrons. The van der Waals surface area contributed by atoms with Crippen molar-refractivity contribution >= 4 is 11.7 Å². The second kappa shape index (κ2) is 5.48. The number of piperidine rings is 1. The van der Waals surface area contributed by atoms with E-state index in [0.29, 0.717) is 32.5 Å². The lowest BCUT2D eigenvalue weighted by molar-refractivity contribution is -0.144. The molecule has 0 radical (unpaired) electrons. The third-order valence-corrected chi connectivity index (χ3v) is 3.59. The Balaban J connectivity index is 1.99. The minimum Gasteiger partial charge on any atom is -0.494 e. The summed E-state index contributed by atoms with van der Waals surface area (Å²) in [7, 11) is 0. The zero-order valence-electron chi connectivity index (χ0n) is 11.1. The van der Waals surface area contributed by atoms with Crippen molar-refractivity contribution in [2.75, 3.05) is 24.6 Å². The van der Waals surface area contributed by atoms with Crippen LogP contribution in [0.1, 0.15) is 19.8 Å². The predicted octanol–water partition coefficient (Wildman–Crippen LogP) is 1.47. The molecule has 2 rings (SSSR count). The van der Waals surface area contributed by atoms with Crippen LogP contribution >= 0.6 is 0 Å². The Bertz CT molecular complexity index is 437. The van der Waals surface area contributed by atoms with Gasteiger partial charge in [0.25, 0.3) is 0 Å². The number of nitrogens with two attached hydrogens (primary N) is 1. The van der Waals surface area contributed by atoms with Crippen molar-refractivity contribution in [2.24, 2.45) is 5.73 Å². The molecule has 3 N–H and O–H groups in total. The molecule has 1 saturated heterocycles. The minimum atomic E-state index is -1.07. The van der Waals surface area contributed by atoms with E-state index in [1.165, 1.54) is 0 Å². The van der Waals surface area contributed by atoms with Crippen LogP contribution in [-0.4, -0.2) is 36.3 Å². The monoisotopic (exact) mass is 264 g/mol. The van der Waals surface area contributed by atoms with Crippen LogP contribution in [0.15, 0.2) is 24.3 Å². The number of aliphatic carboxylic acids is 1. The molecule has 1 aromatic rings. The molecular formula is C14H20N2O3. The molecule has 0 saturated carbocycles. The summed E-state index contributed by atoms with van der Waals surface area (Å²) in [5, 5.41) is 9.09. The van der Waals surface area contributed by atoms with Gasteiger partial charge in [0.1, 0.15) is 11.3 Å². The Labute approximate surface area is 113 Å². The van der Waals surface area contributed by atoms with Crippen LogP contribution in [-0.2, 0) is 4.79 Å². The lowest BCUT2D eigenvalue weighted by atomic mass is 9.88. The minimum absolute atomic E-state index is 0.468. The Morgan fingerprint density at radius 2 is 1.95 bits per heavy atom. The lowest BCUT2D eigenvalue weighted by Gasteiger charge is -2.37. The molecule has 0 spiro atoms. The fraction of sp³-hybridized carbons (Fsp3) is 0.500. The van der Waals surface area contributed by atoms with Gasteiger partial charge in [-0.05, 0) is 44.0 Å². The Kier molecular flexibility index (Phi) is 3.95. The molecular weight excluding hydrogens is 244 g/mol. The van der Waals surface area contributed by atoms with Crippen LogP contribution in [0, 0.1) is 0 Å². The van der Waals surface area contributed by atoms with Crippen LogP contribution < -0.4 is 15.4 Å². The molecule has 1 fully saturated rings. The van der Waals surface area contributed by atoms with Gasteiger partial charge in [0.2, 0.25) is 0 Å². The zero-order valence-corrected chi connectivity index (χ0v) is 11.1. The second-order valence-corrected chi connectivity index (χ2v) is 4.88. The molecule has 0 amide bonds. The normalized spacial score (nSPS) is 18.1. The van der Waals surface area contributed by atoms with E-state index in [-0.39, 0.29) is 0 Å². The van der Waals surface area contributed by atoms with Crippen LogP contribution in [0.25, 0.3) is 0 Å². The van der Waals surface area contributed by atoms with Crippen LogP contribution in [0.5, 0.6) is 5.75 Å². The SMILES string of the molecule is CCOc1ccc(N2CCC(N)(C(=O)O)CC2)cc1. The first-order chi connectivity index (χ1) is 9.05. The van der Waals surface area contributed by atoms with Crippen molar-refractivity contribution in [3.05, 3.63) is 24.3 Å². The molecule has 1 aromatic carbocycles. The van der Waals surface area contributed by atoms with Crippen molar-refractivity contribution in [1.82, 2.24) is 0 Å². The number of hydrogen-bond acceptors (Lipinski definition) is 4. The highest BCUT2D eigenvalue weighted by atomic mass is 16.5. The summed E-state index contributed by atoms with van der Waals surface area (Å²) in [5.41, 5.74) is 5.87. The number of carboxylic acids is 1. The van der Waals surface area contributed by atoms with E-state index in [1.54, 1.807) is 0 Å². The Hall–Kier alpha value is -1.75. The molecule has 0 unspecified atom stereocenters. The summed E-state index contributed by atoms with van der Waals surface area (Å²) >= 11 is 0. The highest BCUT2D eigenvalue weighted by molar-refractivity contribution is 5.79. The van der Waals surface area contributed by atoms with Crippen LogP contribution in [0.2, 0.25) is 0 Å². The number of carbonyl (C=O) groups is 1. The van der Waals surface area contributed by atoms with Gasteiger partial charge in [-0.3, -0.25) is 4.79 Å². The first-order valence-electron chi connectivity index (χ1n) is 6.55. The first kappa shape index (κ1) is 13.7. The summed E-state index contributed by atoms with van der Waals surface area (Å²) in [5.74, 6) is -0.0548. The quantitative estimate of drug-likeness (QED) is 0.861. The van der Waals surface area contributed by atoms with Gasteiger partial charge in [-0.1, -0.05) is 0 Å². The number of carboxylic acid groups (broad SMARTS) is 1. The zero-order chi connectivity index (χ0) is 13.9. The summed E-state index contributed by atoms with van der Waals surface area (Å²) in [6.07, 6.45) is 0.936. The number of hydrogen-bond donors (Lipinski definition) is 2. The molecule has 1 aliphatic rings. The fourth-order valence-corrected chi connectivity index (χ4v) is 2.30. The smallest absolute Gasteiger partial charge is 0.323 e. The van der Waals surface area contributed by atoms with Crippen molar-refractivity contribution in [3.63, 3.8) is 0 Å². The molecule has 0 aliphatic carbocycles. The number of rotatable bonds is 4. The van der Waals surface area contributed by atoms with Crippen molar-refractivity contribution in [2.45, 2.75) is 25.3 Å². The van der Waals surface area contributed by atoms with Crippen molar-refractivity contribution in [1.29, 1.82) is 0 Å². The number of anilines is 1. The van der Waals surface area contributed by atoms with E-state index in [4.69, 9.17) is 15.6 Å². The van der Waals surface area contributed by atoms with Gasteiger partial charge in [0.15, 0.2) is 0 Å². The van der Waals surface area contributed by atoms with Crippen LogP contribution in [0.3, 0.4) is 0 Å². The summed E-state index contributed by atoms with van der Waals surface area (Å²) in [4.78, 5) is 13.2. The van der Waals surface area contributed by atoms with E-state index in [0.717, 1.165) is 11.4 Å². The molecule has 1 aliphatic heterocycles. The molecule has 1 heterocycles. The van der Waals surface area contributed by atoms with Gasteiger partial charge in [0, 0.05) is 18.8 Å². The predicted molar refractivity (Wildman–Crippen MR) is 73.6 cm³/mol. The van der Waals surface area contributed by atoms with Gasteiger partial charge in [-0.25, -0.2) is 0 Å². The molecule has 5 nitrogen and oxygen atoms in total. The maximum Gasteiger partial charge on any atom is 0.323 e. The van der Waals surface area contributed by atoms with E-state index in [1.807, 2.05) is 31.2 Å². The van der Waals surface area contributed by atoms with Gasteiger partial charge >= 0.3 is 5.97 Å². The van der Waals surface area contributed by atoms with E-state index in [2.05, 4.69) is 4.90 Å². The maximum atomic E-state index is 11.1. The fourth-order valence-electron chi connectivity index (χ4n) is 2.30. The highest BCUT2D eigenvalue weighted by Crippen LogP contribution is 2.26. The Morgan fingerprint density at radius 3 is 2.42 bits per heavy atom. The average molecular weight is 264 g/mol. The van der Waals surface area contributed by atoms with Crippen molar-refractivity contribution in [3.8, 4) is 5.75 Å². The maximum absolute atomic E-state index is 11.1. The van der Waals surface area contributed by atoms with Gasteiger partial charge < -0.3 is 20.5 Å². The number of nitrogens with zero attached hydrogens (tertiary/aromatic N) is 1. The van der Waals surface area contributed by atoms with E-state index >= 15 is 0 Å². The Morgan fingerprint density at radius 1 is 1.37 bits per heavy atom. The van der Waals surface area contributed by atoms with Gasteiger partial charge in [-0.15, -0.1) is 0 Å². The van der Waals surface area contributed by atoms with Gasteiger partial charge in [0.05, 0.1) is 6.61 Å². The highest BCUT2D eigenvalue weighted by Gasteiger charge is 2.37. The number of benzene rings is 1. The third kappa shape index (κ3) is 2.98. The van der Waals surface area contributed by atoms with E-state index < -0.39 is 11.5 Å². The van der Waals surface area contributed by atoms with Crippen molar-refractivity contribution < 1.29 is 14.6 Å². The average Bonchev–Trinajstić information content (AvgIpc) is 2.41. The third-order valence-electron chi connectivity index (χ3n) is 3.59.